The second kappa shape index (κ2) is 5.24. The largest absolute Gasteiger partial charge is 0.329 e. The predicted molar refractivity (Wildman–Crippen MR) is 87.0 cm³/mol. The number of hydrogen-bond donors (Lipinski definition) is 0. The number of amides is 1. The molecular formula is C16H14N2OS2. The lowest BCUT2D eigenvalue weighted by atomic mass is 10.2. The van der Waals surface area contributed by atoms with Gasteiger partial charge in [-0.1, -0.05) is 12.1 Å². The smallest absolute Gasteiger partial charge is 0.255 e. The number of thiophene rings is 1. The molecule has 1 aliphatic rings. The number of likely N-dealkylation sites (tertiary alicyclic amines) is 1. The molecule has 1 aromatic carbocycles. The lowest BCUT2D eigenvalue weighted by Gasteiger charge is -2.22. The fourth-order valence-corrected chi connectivity index (χ4v) is 4.60. The predicted octanol–water partition coefficient (Wildman–Crippen LogP) is 4.34. The van der Waals surface area contributed by atoms with Gasteiger partial charge in [-0.2, -0.15) is 11.3 Å². The molecule has 1 amide bonds. The van der Waals surface area contributed by atoms with Gasteiger partial charge in [0.05, 0.1) is 21.8 Å². The van der Waals surface area contributed by atoms with Crippen LogP contribution in [0.3, 0.4) is 0 Å². The summed E-state index contributed by atoms with van der Waals surface area (Å²) in [7, 11) is 0. The molecule has 2 aromatic heterocycles. The van der Waals surface area contributed by atoms with E-state index in [1.807, 2.05) is 39.9 Å². The van der Waals surface area contributed by atoms with Crippen molar-refractivity contribution >= 4 is 38.8 Å². The Morgan fingerprint density at radius 1 is 1.29 bits per heavy atom. The highest BCUT2D eigenvalue weighted by Crippen LogP contribution is 2.37. The van der Waals surface area contributed by atoms with Crippen LogP contribution in [-0.2, 0) is 0 Å². The zero-order chi connectivity index (χ0) is 14.2. The molecular weight excluding hydrogens is 300 g/mol. The van der Waals surface area contributed by atoms with Gasteiger partial charge in [0.1, 0.15) is 5.01 Å². The molecule has 0 N–H and O–H groups in total. The molecule has 4 rings (SSSR count). The number of hydrogen-bond acceptors (Lipinski definition) is 4. The minimum absolute atomic E-state index is 0.134. The van der Waals surface area contributed by atoms with Crippen molar-refractivity contribution in [2.45, 2.75) is 18.9 Å². The maximum atomic E-state index is 12.6. The van der Waals surface area contributed by atoms with E-state index in [4.69, 9.17) is 4.98 Å². The Morgan fingerprint density at radius 3 is 3.00 bits per heavy atom. The van der Waals surface area contributed by atoms with E-state index in [9.17, 15) is 4.79 Å². The second-order valence-electron chi connectivity index (χ2n) is 5.19. The highest BCUT2D eigenvalue weighted by molar-refractivity contribution is 7.18. The number of nitrogens with zero attached hydrogens (tertiary/aromatic N) is 2. The van der Waals surface area contributed by atoms with Gasteiger partial charge in [-0.25, -0.2) is 4.98 Å². The van der Waals surface area contributed by atoms with E-state index in [1.54, 1.807) is 22.7 Å². The first kappa shape index (κ1) is 13.0. The molecule has 3 nitrogen and oxygen atoms in total. The van der Waals surface area contributed by atoms with Crippen molar-refractivity contribution < 1.29 is 4.79 Å². The standard InChI is InChI=1S/C16H14N2OS2/c19-16(11-7-9-20-10-11)18-8-3-5-13(18)15-17-12-4-1-2-6-14(12)21-15/h1-2,4,6-7,9-10,13H,3,5,8H2. The van der Waals surface area contributed by atoms with Crippen molar-refractivity contribution in [1.29, 1.82) is 0 Å². The monoisotopic (exact) mass is 314 g/mol. The Labute approximate surface area is 130 Å². The van der Waals surface area contributed by atoms with E-state index in [-0.39, 0.29) is 11.9 Å². The SMILES string of the molecule is O=C(c1ccsc1)N1CCCC1c1nc2ccccc2s1. The molecule has 3 heterocycles. The second-order valence-corrected chi connectivity index (χ2v) is 7.03. The molecule has 1 saturated heterocycles. The Morgan fingerprint density at radius 2 is 2.19 bits per heavy atom. The maximum absolute atomic E-state index is 12.6. The Balaban J connectivity index is 1.68. The van der Waals surface area contributed by atoms with E-state index >= 15 is 0 Å². The topological polar surface area (TPSA) is 33.2 Å². The molecule has 21 heavy (non-hydrogen) atoms. The maximum Gasteiger partial charge on any atom is 0.255 e. The quantitative estimate of drug-likeness (QED) is 0.705. The molecule has 0 bridgehead atoms. The summed E-state index contributed by atoms with van der Waals surface area (Å²) in [4.78, 5) is 19.3. The van der Waals surface area contributed by atoms with Gasteiger partial charge in [-0.3, -0.25) is 4.79 Å². The summed E-state index contributed by atoms with van der Waals surface area (Å²) < 4.78 is 1.20. The molecule has 0 aliphatic carbocycles. The van der Waals surface area contributed by atoms with Gasteiger partial charge < -0.3 is 4.90 Å². The zero-order valence-corrected chi connectivity index (χ0v) is 13.0. The van der Waals surface area contributed by atoms with Gasteiger partial charge >= 0.3 is 0 Å². The van der Waals surface area contributed by atoms with Crippen molar-refractivity contribution in [1.82, 2.24) is 9.88 Å². The van der Waals surface area contributed by atoms with E-state index in [0.717, 1.165) is 35.5 Å². The Hall–Kier alpha value is -1.72. The van der Waals surface area contributed by atoms with Crippen LogP contribution in [-0.4, -0.2) is 22.3 Å². The first-order valence-electron chi connectivity index (χ1n) is 7.01. The number of carbonyl (C=O) groups excluding carboxylic acids is 1. The van der Waals surface area contributed by atoms with E-state index in [1.165, 1.54) is 4.70 Å². The molecule has 3 aromatic rings. The molecule has 0 radical (unpaired) electrons. The van der Waals surface area contributed by atoms with Gasteiger partial charge in [0.2, 0.25) is 0 Å². The Kier molecular flexibility index (Phi) is 3.24. The number of para-hydroxylation sites is 1. The normalized spacial score (nSPS) is 18.5. The fourth-order valence-electron chi connectivity index (χ4n) is 2.85. The lowest BCUT2D eigenvalue weighted by molar-refractivity contribution is 0.0736. The van der Waals surface area contributed by atoms with Gasteiger partial charge in [-0.15, -0.1) is 11.3 Å². The van der Waals surface area contributed by atoms with Crippen LogP contribution in [0.15, 0.2) is 41.1 Å². The summed E-state index contributed by atoms with van der Waals surface area (Å²) in [6.45, 7) is 0.829. The van der Waals surface area contributed by atoms with Crippen LogP contribution in [0.1, 0.15) is 34.2 Å². The van der Waals surface area contributed by atoms with Crippen LogP contribution in [0.2, 0.25) is 0 Å². The average molecular weight is 314 g/mol. The fraction of sp³-hybridized carbons (Fsp3) is 0.250. The van der Waals surface area contributed by atoms with Crippen molar-refractivity contribution in [3.05, 3.63) is 51.7 Å². The first-order valence-corrected chi connectivity index (χ1v) is 8.77. The third-order valence-corrected chi connectivity index (χ3v) is 5.70. The number of benzene rings is 1. The van der Waals surface area contributed by atoms with E-state index < -0.39 is 0 Å². The van der Waals surface area contributed by atoms with Crippen LogP contribution in [0.25, 0.3) is 10.2 Å². The number of thiazole rings is 1. The lowest BCUT2D eigenvalue weighted by Crippen LogP contribution is -2.30. The molecule has 1 unspecified atom stereocenters. The molecule has 106 valence electrons. The number of rotatable bonds is 2. The van der Waals surface area contributed by atoms with Crippen LogP contribution in [0, 0.1) is 0 Å². The van der Waals surface area contributed by atoms with Crippen LogP contribution in [0.5, 0.6) is 0 Å². The summed E-state index contributed by atoms with van der Waals surface area (Å²) in [5.74, 6) is 0.137. The summed E-state index contributed by atoms with van der Waals surface area (Å²) in [6.07, 6.45) is 2.06. The molecule has 0 spiro atoms. The minimum Gasteiger partial charge on any atom is -0.329 e. The van der Waals surface area contributed by atoms with Crippen molar-refractivity contribution in [2.75, 3.05) is 6.54 Å². The van der Waals surface area contributed by atoms with Crippen molar-refractivity contribution in [3.8, 4) is 0 Å². The third-order valence-electron chi connectivity index (χ3n) is 3.88. The van der Waals surface area contributed by atoms with Gasteiger partial charge in [0, 0.05) is 11.9 Å². The van der Waals surface area contributed by atoms with Gasteiger partial charge in [-0.05, 0) is 36.4 Å². The van der Waals surface area contributed by atoms with E-state index in [2.05, 4.69) is 6.07 Å². The molecule has 1 fully saturated rings. The summed E-state index contributed by atoms with van der Waals surface area (Å²) >= 11 is 3.28. The molecule has 1 atom stereocenters. The van der Waals surface area contributed by atoms with Crippen LogP contribution < -0.4 is 0 Å². The van der Waals surface area contributed by atoms with E-state index in [0.29, 0.717) is 0 Å². The van der Waals surface area contributed by atoms with Gasteiger partial charge in [0.15, 0.2) is 0 Å². The van der Waals surface area contributed by atoms with Crippen LogP contribution in [0.4, 0.5) is 0 Å². The molecule has 0 saturated carbocycles. The number of carbonyl (C=O) groups is 1. The summed E-state index contributed by atoms with van der Waals surface area (Å²) in [5, 5.41) is 4.95. The summed E-state index contributed by atoms with van der Waals surface area (Å²) in [6, 6.07) is 10.2. The van der Waals surface area contributed by atoms with Crippen molar-refractivity contribution in [2.24, 2.45) is 0 Å². The highest BCUT2D eigenvalue weighted by atomic mass is 32.1. The zero-order valence-electron chi connectivity index (χ0n) is 11.4. The number of fused-ring (bicyclic) bond motifs is 1. The van der Waals surface area contributed by atoms with Crippen LogP contribution >= 0.6 is 22.7 Å². The van der Waals surface area contributed by atoms with Gasteiger partial charge in [0.25, 0.3) is 5.91 Å². The average Bonchev–Trinajstić information content (AvgIpc) is 3.24. The molecule has 1 aliphatic heterocycles. The molecule has 5 heteroatoms. The Bertz CT molecular complexity index is 746. The summed E-state index contributed by atoms with van der Waals surface area (Å²) in [5.41, 5.74) is 1.83. The number of aromatic nitrogens is 1. The highest BCUT2D eigenvalue weighted by Gasteiger charge is 2.32. The first-order chi connectivity index (χ1) is 10.3. The third kappa shape index (κ3) is 2.26. The van der Waals surface area contributed by atoms with Crippen molar-refractivity contribution in [3.63, 3.8) is 0 Å². The minimum atomic E-state index is 0.134.